The van der Waals surface area contributed by atoms with Gasteiger partial charge in [0.1, 0.15) is 0 Å². The third-order valence-corrected chi connectivity index (χ3v) is 3.64. The molecule has 1 atom stereocenters. The zero-order valence-corrected chi connectivity index (χ0v) is 11.0. The molecule has 17 heavy (non-hydrogen) atoms. The summed E-state index contributed by atoms with van der Waals surface area (Å²) in [5.74, 6) is 0.0674. The van der Waals surface area contributed by atoms with Crippen molar-refractivity contribution in [2.45, 2.75) is 25.3 Å². The molecule has 5 heteroatoms. The number of halogens is 2. The van der Waals surface area contributed by atoms with Gasteiger partial charge in [-0.3, -0.25) is 4.79 Å². The van der Waals surface area contributed by atoms with E-state index in [1.54, 1.807) is 25.1 Å². The molecule has 1 aliphatic rings. The number of rotatable bonds is 3. The summed E-state index contributed by atoms with van der Waals surface area (Å²) >= 11 is 11.8. The lowest BCUT2D eigenvalue weighted by atomic mass is 9.96. The standard InChI is InChI=1S/C12H14Cl2N2O/c1-12(15,7-2-3-7)11(17)16-10-5-4-8(13)6-9(10)14/h4-7H,2-3,15H2,1H3,(H,16,17). The van der Waals surface area contributed by atoms with Gasteiger partial charge in [0, 0.05) is 5.02 Å². The van der Waals surface area contributed by atoms with Crippen LogP contribution in [0.5, 0.6) is 0 Å². The van der Waals surface area contributed by atoms with E-state index in [9.17, 15) is 4.79 Å². The van der Waals surface area contributed by atoms with Crippen molar-refractivity contribution in [2.75, 3.05) is 5.32 Å². The molecule has 92 valence electrons. The molecule has 1 aliphatic carbocycles. The summed E-state index contributed by atoms with van der Waals surface area (Å²) in [5.41, 5.74) is 5.72. The average molecular weight is 273 g/mol. The number of carbonyl (C=O) groups is 1. The van der Waals surface area contributed by atoms with E-state index in [1.165, 1.54) is 0 Å². The van der Waals surface area contributed by atoms with Crippen LogP contribution in [0.25, 0.3) is 0 Å². The summed E-state index contributed by atoms with van der Waals surface area (Å²) in [7, 11) is 0. The number of anilines is 1. The van der Waals surface area contributed by atoms with Crippen LogP contribution >= 0.6 is 23.2 Å². The summed E-state index contributed by atoms with van der Waals surface area (Å²) < 4.78 is 0. The highest BCUT2D eigenvalue weighted by Crippen LogP contribution is 2.39. The minimum absolute atomic E-state index is 0.204. The molecule has 0 aromatic heterocycles. The summed E-state index contributed by atoms with van der Waals surface area (Å²) in [6, 6.07) is 4.93. The number of hydrogen-bond donors (Lipinski definition) is 2. The first-order valence-corrected chi connectivity index (χ1v) is 6.22. The Bertz CT molecular complexity index is 456. The normalized spacial score (nSPS) is 18.6. The van der Waals surface area contributed by atoms with Crippen molar-refractivity contribution in [3.63, 3.8) is 0 Å². The van der Waals surface area contributed by atoms with Gasteiger partial charge in [-0.05, 0) is 43.9 Å². The van der Waals surface area contributed by atoms with E-state index < -0.39 is 5.54 Å². The van der Waals surface area contributed by atoms with Gasteiger partial charge in [0.05, 0.1) is 16.2 Å². The number of hydrogen-bond acceptors (Lipinski definition) is 2. The largest absolute Gasteiger partial charge is 0.323 e. The number of nitrogens with two attached hydrogens (primary N) is 1. The van der Waals surface area contributed by atoms with Crippen molar-refractivity contribution in [1.29, 1.82) is 0 Å². The predicted molar refractivity (Wildman–Crippen MR) is 70.4 cm³/mol. The maximum Gasteiger partial charge on any atom is 0.244 e. The van der Waals surface area contributed by atoms with Crippen molar-refractivity contribution in [2.24, 2.45) is 11.7 Å². The van der Waals surface area contributed by atoms with Crippen LogP contribution in [0.15, 0.2) is 18.2 Å². The predicted octanol–water partition coefficient (Wildman–Crippen LogP) is 3.06. The SMILES string of the molecule is CC(N)(C(=O)Nc1ccc(Cl)cc1Cl)C1CC1. The Morgan fingerprint density at radius 2 is 2.12 bits per heavy atom. The number of carbonyl (C=O) groups excluding carboxylic acids is 1. The molecule has 1 amide bonds. The zero-order valence-electron chi connectivity index (χ0n) is 9.47. The van der Waals surface area contributed by atoms with Gasteiger partial charge in [-0.2, -0.15) is 0 Å². The maximum absolute atomic E-state index is 12.0. The van der Waals surface area contributed by atoms with E-state index in [4.69, 9.17) is 28.9 Å². The van der Waals surface area contributed by atoms with Crippen LogP contribution in [0, 0.1) is 5.92 Å². The smallest absolute Gasteiger partial charge is 0.244 e. The Morgan fingerprint density at radius 3 is 2.65 bits per heavy atom. The molecule has 0 aliphatic heterocycles. The molecule has 1 fully saturated rings. The van der Waals surface area contributed by atoms with Gasteiger partial charge in [0.25, 0.3) is 0 Å². The van der Waals surface area contributed by atoms with Crippen molar-refractivity contribution in [1.82, 2.24) is 0 Å². The Morgan fingerprint density at radius 1 is 1.47 bits per heavy atom. The second kappa shape index (κ2) is 4.48. The van der Waals surface area contributed by atoms with Crippen LogP contribution in [0.3, 0.4) is 0 Å². The summed E-state index contributed by atoms with van der Waals surface area (Å²) in [6.07, 6.45) is 2.02. The minimum Gasteiger partial charge on any atom is -0.323 e. The third kappa shape index (κ3) is 2.73. The molecule has 0 radical (unpaired) electrons. The molecule has 0 saturated heterocycles. The second-order valence-electron chi connectivity index (χ2n) is 4.64. The van der Waals surface area contributed by atoms with Crippen molar-refractivity contribution < 1.29 is 4.79 Å². The minimum atomic E-state index is -0.830. The Balaban J connectivity index is 2.12. The van der Waals surface area contributed by atoms with Crippen molar-refractivity contribution in [3.05, 3.63) is 28.2 Å². The molecule has 3 N–H and O–H groups in total. The first-order chi connectivity index (χ1) is 7.91. The van der Waals surface area contributed by atoms with Crippen LogP contribution in [-0.2, 0) is 4.79 Å². The van der Waals surface area contributed by atoms with E-state index in [0.717, 1.165) is 12.8 Å². The Hall–Kier alpha value is -0.770. The van der Waals surface area contributed by atoms with E-state index in [1.807, 2.05) is 0 Å². The first kappa shape index (κ1) is 12.7. The zero-order chi connectivity index (χ0) is 12.6. The van der Waals surface area contributed by atoms with Gasteiger partial charge >= 0.3 is 0 Å². The molecule has 0 bridgehead atoms. The average Bonchev–Trinajstić information content (AvgIpc) is 3.05. The summed E-state index contributed by atoms with van der Waals surface area (Å²) in [4.78, 5) is 12.0. The molecule has 3 nitrogen and oxygen atoms in total. The van der Waals surface area contributed by atoms with Crippen LogP contribution in [-0.4, -0.2) is 11.4 Å². The van der Waals surface area contributed by atoms with Crippen LogP contribution < -0.4 is 11.1 Å². The fraction of sp³-hybridized carbons (Fsp3) is 0.417. The Labute approximate surface area is 110 Å². The summed E-state index contributed by atoms with van der Waals surface area (Å²) in [6.45, 7) is 1.75. The van der Waals surface area contributed by atoms with Crippen molar-refractivity contribution in [3.8, 4) is 0 Å². The number of nitrogens with one attached hydrogen (secondary N) is 1. The van der Waals surface area contributed by atoms with Gasteiger partial charge in [0.15, 0.2) is 0 Å². The third-order valence-electron chi connectivity index (χ3n) is 3.09. The molecular formula is C12H14Cl2N2O. The van der Waals surface area contributed by atoms with Gasteiger partial charge in [-0.15, -0.1) is 0 Å². The lowest BCUT2D eigenvalue weighted by Gasteiger charge is -2.23. The van der Waals surface area contributed by atoms with Gasteiger partial charge in [-0.25, -0.2) is 0 Å². The molecule has 1 unspecified atom stereocenters. The maximum atomic E-state index is 12.0. The molecule has 1 aromatic rings. The molecule has 1 saturated carbocycles. The molecule has 0 heterocycles. The fourth-order valence-corrected chi connectivity index (χ4v) is 2.17. The van der Waals surface area contributed by atoms with Crippen molar-refractivity contribution >= 4 is 34.8 Å². The highest BCUT2D eigenvalue weighted by atomic mass is 35.5. The summed E-state index contributed by atoms with van der Waals surface area (Å²) in [5, 5.41) is 3.69. The lowest BCUT2D eigenvalue weighted by Crippen LogP contribution is -2.50. The number of amides is 1. The highest BCUT2D eigenvalue weighted by Gasteiger charge is 2.44. The molecule has 1 aromatic carbocycles. The lowest BCUT2D eigenvalue weighted by molar-refractivity contribution is -0.121. The van der Waals surface area contributed by atoms with E-state index >= 15 is 0 Å². The molecule has 2 rings (SSSR count). The van der Waals surface area contributed by atoms with Crippen LogP contribution in [0.1, 0.15) is 19.8 Å². The van der Waals surface area contributed by atoms with Crippen LogP contribution in [0.4, 0.5) is 5.69 Å². The quantitative estimate of drug-likeness (QED) is 0.889. The fourth-order valence-electron chi connectivity index (χ4n) is 1.72. The second-order valence-corrected chi connectivity index (χ2v) is 5.48. The first-order valence-electron chi connectivity index (χ1n) is 5.46. The van der Waals surface area contributed by atoms with E-state index in [0.29, 0.717) is 15.7 Å². The van der Waals surface area contributed by atoms with Crippen LogP contribution in [0.2, 0.25) is 10.0 Å². The van der Waals surface area contributed by atoms with Gasteiger partial charge < -0.3 is 11.1 Å². The van der Waals surface area contributed by atoms with E-state index in [2.05, 4.69) is 5.32 Å². The Kier molecular flexibility index (Phi) is 3.34. The number of benzene rings is 1. The highest BCUT2D eigenvalue weighted by molar-refractivity contribution is 6.36. The molecule has 0 spiro atoms. The van der Waals surface area contributed by atoms with Gasteiger partial charge in [0.2, 0.25) is 5.91 Å². The topological polar surface area (TPSA) is 55.1 Å². The van der Waals surface area contributed by atoms with E-state index in [-0.39, 0.29) is 11.8 Å². The molecular weight excluding hydrogens is 259 g/mol. The monoisotopic (exact) mass is 272 g/mol. The van der Waals surface area contributed by atoms with Gasteiger partial charge in [-0.1, -0.05) is 23.2 Å².